The molecule has 0 bridgehead atoms. The monoisotopic (exact) mass is 406 g/mol. The Bertz CT molecular complexity index is 1120. The molecule has 7 heteroatoms. The normalized spacial score (nSPS) is 15.2. The lowest BCUT2D eigenvalue weighted by atomic mass is 10.0. The number of rotatable bonds is 5. The Hall–Kier alpha value is -3.08. The molecule has 0 atom stereocenters. The van der Waals surface area contributed by atoms with Crippen molar-refractivity contribution < 1.29 is 14.6 Å². The average molecular weight is 406 g/mol. The van der Waals surface area contributed by atoms with Gasteiger partial charge in [0.15, 0.2) is 5.75 Å². The molecule has 0 saturated heterocycles. The maximum atomic E-state index is 10.5. The number of aliphatic hydroxyl groups is 1. The highest BCUT2D eigenvalue weighted by atomic mass is 16.5. The molecule has 4 rings (SSSR count). The maximum absolute atomic E-state index is 10.5. The summed E-state index contributed by atoms with van der Waals surface area (Å²) in [6.07, 6.45) is 7.10. The molecule has 1 saturated carbocycles. The predicted molar refractivity (Wildman–Crippen MR) is 116 cm³/mol. The van der Waals surface area contributed by atoms with Gasteiger partial charge in [-0.1, -0.05) is 11.8 Å². The Morgan fingerprint density at radius 2 is 2.07 bits per heavy atom. The zero-order valence-electron chi connectivity index (χ0n) is 17.3. The van der Waals surface area contributed by atoms with Crippen LogP contribution in [0.2, 0.25) is 0 Å². The van der Waals surface area contributed by atoms with E-state index in [0.717, 1.165) is 47.7 Å². The SMILES string of the molecule is COCCOc1cnc(N)nc1-c1cn(C)c2ccc(C#CC3(O)CCCC3)cc12. The summed E-state index contributed by atoms with van der Waals surface area (Å²) in [7, 11) is 3.60. The molecule has 1 fully saturated rings. The van der Waals surface area contributed by atoms with Crippen LogP contribution in [-0.4, -0.2) is 45.6 Å². The summed E-state index contributed by atoms with van der Waals surface area (Å²) >= 11 is 0. The van der Waals surface area contributed by atoms with E-state index in [1.54, 1.807) is 13.3 Å². The number of nitrogens with two attached hydrogens (primary N) is 1. The van der Waals surface area contributed by atoms with Crippen LogP contribution in [-0.2, 0) is 11.8 Å². The first-order chi connectivity index (χ1) is 14.5. The fraction of sp³-hybridized carbons (Fsp3) is 0.391. The molecule has 2 heterocycles. The van der Waals surface area contributed by atoms with Gasteiger partial charge in [-0.15, -0.1) is 0 Å². The van der Waals surface area contributed by atoms with Crippen LogP contribution in [0.4, 0.5) is 5.95 Å². The molecule has 1 aliphatic rings. The lowest BCUT2D eigenvalue weighted by Gasteiger charge is -2.12. The molecular weight excluding hydrogens is 380 g/mol. The first-order valence-electron chi connectivity index (χ1n) is 10.1. The number of nitrogens with zero attached hydrogens (tertiary/aromatic N) is 3. The highest BCUT2D eigenvalue weighted by molar-refractivity contribution is 5.97. The zero-order valence-corrected chi connectivity index (χ0v) is 17.3. The fourth-order valence-electron chi connectivity index (χ4n) is 3.85. The van der Waals surface area contributed by atoms with E-state index in [9.17, 15) is 5.11 Å². The fourth-order valence-corrected chi connectivity index (χ4v) is 3.85. The average Bonchev–Trinajstić information content (AvgIpc) is 3.31. The number of benzene rings is 1. The summed E-state index contributed by atoms with van der Waals surface area (Å²) in [6.45, 7) is 0.846. The van der Waals surface area contributed by atoms with E-state index < -0.39 is 5.60 Å². The van der Waals surface area contributed by atoms with Crippen LogP contribution < -0.4 is 10.5 Å². The molecule has 0 amide bonds. The molecule has 30 heavy (non-hydrogen) atoms. The number of hydrogen-bond donors (Lipinski definition) is 2. The molecule has 0 radical (unpaired) electrons. The number of aryl methyl sites for hydroxylation is 1. The van der Waals surface area contributed by atoms with Crippen LogP contribution in [0.1, 0.15) is 31.2 Å². The van der Waals surface area contributed by atoms with Crippen LogP contribution in [0.15, 0.2) is 30.6 Å². The molecule has 0 unspecified atom stereocenters. The Balaban J connectivity index is 1.77. The van der Waals surface area contributed by atoms with Crippen molar-refractivity contribution in [2.24, 2.45) is 7.05 Å². The van der Waals surface area contributed by atoms with E-state index in [0.29, 0.717) is 24.7 Å². The number of hydrogen-bond acceptors (Lipinski definition) is 6. The summed E-state index contributed by atoms with van der Waals surface area (Å²) in [5, 5.41) is 11.5. The van der Waals surface area contributed by atoms with Crippen molar-refractivity contribution in [2.75, 3.05) is 26.1 Å². The van der Waals surface area contributed by atoms with Gasteiger partial charge in [0.2, 0.25) is 5.95 Å². The van der Waals surface area contributed by atoms with Crippen molar-refractivity contribution in [2.45, 2.75) is 31.3 Å². The van der Waals surface area contributed by atoms with Crippen molar-refractivity contribution in [3.05, 3.63) is 36.2 Å². The third-order valence-electron chi connectivity index (χ3n) is 5.43. The van der Waals surface area contributed by atoms with Crippen molar-refractivity contribution in [1.82, 2.24) is 14.5 Å². The smallest absolute Gasteiger partial charge is 0.220 e. The van der Waals surface area contributed by atoms with Gasteiger partial charge in [0.05, 0.1) is 12.8 Å². The van der Waals surface area contributed by atoms with E-state index in [2.05, 4.69) is 21.8 Å². The van der Waals surface area contributed by atoms with Crippen LogP contribution in [0.5, 0.6) is 5.75 Å². The second-order valence-corrected chi connectivity index (χ2v) is 7.66. The minimum absolute atomic E-state index is 0.181. The molecule has 3 aromatic rings. The highest BCUT2D eigenvalue weighted by Gasteiger charge is 2.28. The Morgan fingerprint density at radius 3 is 2.83 bits per heavy atom. The van der Waals surface area contributed by atoms with Crippen molar-refractivity contribution in [3.8, 4) is 28.8 Å². The van der Waals surface area contributed by atoms with Gasteiger partial charge in [-0.2, -0.15) is 0 Å². The van der Waals surface area contributed by atoms with Gasteiger partial charge >= 0.3 is 0 Å². The van der Waals surface area contributed by atoms with Crippen LogP contribution >= 0.6 is 0 Å². The largest absolute Gasteiger partial charge is 0.487 e. The van der Waals surface area contributed by atoms with Crippen LogP contribution in [0.3, 0.4) is 0 Å². The standard InChI is InChI=1S/C23H26N4O3/c1-27-15-18(21-20(30-12-11-29-2)14-25-22(24)26-21)17-13-16(5-6-19(17)27)7-10-23(28)8-3-4-9-23/h5-6,13-15,28H,3-4,8-9,11-12H2,1-2H3,(H2,24,25,26). The molecule has 156 valence electrons. The third kappa shape index (κ3) is 4.11. The summed E-state index contributed by atoms with van der Waals surface area (Å²) in [6, 6.07) is 6.02. The number of nitrogen functional groups attached to an aromatic ring is 1. The molecule has 2 aromatic heterocycles. The maximum Gasteiger partial charge on any atom is 0.220 e. The number of methoxy groups -OCH3 is 1. The Labute approximate surface area is 175 Å². The third-order valence-corrected chi connectivity index (χ3v) is 5.43. The second kappa shape index (κ2) is 8.34. The van der Waals surface area contributed by atoms with Gasteiger partial charge in [-0.3, -0.25) is 0 Å². The predicted octanol–water partition coefficient (Wildman–Crippen LogP) is 2.90. The number of ether oxygens (including phenoxy) is 2. The molecule has 3 N–H and O–H groups in total. The number of fused-ring (bicyclic) bond motifs is 1. The first kappa shape index (κ1) is 20.2. The van der Waals surface area contributed by atoms with Crippen molar-refractivity contribution >= 4 is 16.9 Å². The highest BCUT2D eigenvalue weighted by Crippen LogP contribution is 2.35. The molecule has 1 aliphatic carbocycles. The molecular formula is C23H26N4O3. The van der Waals surface area contributed by atoms with Gasteiger partial charge < -0.3 is 24.9 Å². The van der Waals surface area contributed by atoms with Crippen molar-refractivity contribution in [3.63, 3.8) is 0 Å². The summed E-state index contributed by atoms with van der Waals surface area (Å²) in [5.41, 5.74) is 8.41. The van der Waals surface area contributed by atoms with Gasteiger partial charge in [-0.05, 0) is 43.9 Å². The quantitative estimate of drug-likeness (QED) is 0.500. The second-order valence-electron chi connectivity index (χ2n) is 7.66. The van der Waals surface area contributed by atoms with E-state index in [1.165, 1.54) is 0 Å². The number of aromatic nitrogens is 3. The Morgan fingerprint density at radius 1 is 1.27 bits per heavy atom. The van der Waals surface area contributed by atoms with E-state index in [-0.39, 0.29) is 5.95 Å². The summed E-state index contributed by atoms with van der Waals surface area (Å²) in [4.78, 5) is 8.52. The lowest BCUT2D eigenvalue weighted by Crippen LogP contribution is -2.20. The summed E-state index contributed by atoms with van der Waals surface area (Å²) < 4.78 is 12.9. The van der Waals surface area contributed by atoms with Crippen molar-refractivity contribution in [1.29, 1.82) is 0 Å². The van der Waals surface area contributed by atoms with E-state index in [1.807, 2.05) is 36.0 Å². The Kier molecular flexibility index (Phi) is 5.62. The van der Waals surface area contributed by atoms with E-state index in [4.69, 9.17) is 15.2 Å². The minimum atomic E-state index is -0.863. The molecule has 0 spiro atoms. The zero-order chi connectivity index (χ0) is 21.1. The van der Waals surface area contributed by atoms with Gasteiger partial charge in [-0.25, -0.2) is 9.97 Å². The summed E-state index contributed by atoms with van der Waals surface area (Å²) in [5.74, 6) is 6.96. The van der Waals surface area contributed by atoms with Gasteiger partial charge in [0.25, 0.3) is 0 Å². The lowest BCUT2D eigenvalue weighted by molar-refractivity contribution is 0.110. The molecule has 7 nitrogen and oxygen atoms in total. The van der Waals surface area contributed by atoms with Crippen LogP contribution in [0, 0.1) is 11.8 Å². The first-order valence-corrected chi connectivity index (χ1v) is 10.1. The molecule has 0 aliphatic heterocycles. The molecule has 1 aromatic carbocycles. The van der Waals surface area contributed by atoms with Gasteiger partial charge in [0.1, 0.15) is 17.9 Å². The number of anilines is 1. The topological polar surface area (TPSA) is 95.4 Å². The minimum Gasteiger partial charge on any atom is -0.487 e. The van der Waals surface area contributed by atoms with Gasteiger partial charge in [0, 0.05) is 42.4 Å². The van der Waals surface area contributed by atoms with Crippen LogP contribution in [0.25, 0.3) is 22.2 Å². The van der Waals surface area contributed by atoms with E-state index >= 15 is 0 Å².